The number of ether oxygens (including phenoxy) is 1. The summed E-state index contributed by atoms with van der Waals surface area (Å²) in [7, 11) is 0. The van der Waals surface area contributed by atoms with Crippen molar-refractivity contribution in [2.24, 2.45) is 5.92 Å². The van der Waals surface area contributed by atoms with Crippen LogP contribution in [-0.2, 0) is 11.2 Å². The van der Waals surface area contributed by atoms with Crippen LogP contribution in [-0.4, -0.2) is 30.1 Å². The van der Waals surface area contributed by atoms with Crippen LogP contribution in [0.3, 0.4) is 0 Å². The first-order valence-corrected chi connectivity index (χ1v) is 14.4. The Labute approximate surface area is 237 Å². The highest BCUT2D eigenvalue weighted by molar-refractivity contribution is 6.30. The number of anilines is 1. The highest BCUT2D eigenvalue weighted by Crippen LogP contribution is 2.32. The van der Waals surface area contributed by atoms with Gasteiger partial charge in [0.05, 0.1) is 0 Å². The summed E-state index contributed by atoms with van der Waals surface area (Å²) in [5.74, 6) is 1.34. The molecule has 3 aromatic carbocycles. The molecule has 1 amide bonds. The Morgan fingerprint density at radius 2 is 1.61 bits per heavy atom. The van der Waals surface area contributed by atoms with Gasteiger partial charge in [-0.15, -0.1) is 0 Å². The van der Waals surface area contributed by atoms with Crippen molar-refractivity contribution in [2.45, 2.75) is 64.5 Å². The number of nitrogens with one attached hydrogen (secondary N) is 1. The summed E-state index contributed by atoms with van der Waals surface area (Å²) in [5, 5.41) is 4.53. The zero-order valence-corrected chi connectivity index (χ0v) is 23.8. The first kappa shape index (κ1) is 28.5. The quantitative estimate of drug-likeness (QED) is 0.242. The van der Waals surface area contributed by atoms with Crippen LogP contribution in [0.4, 0.5) is 5.69 Å². The van der Waals surface area contributed by atoms with E-state index in [0.717, 1.165) is 68.1 Å². The van der Waals surface area contributed by atoms with E-state index in [1.165, 1.54) is 11.1 Å². The number of likely N-dealkylation sites (tertiary alicyclic amines) is 1. The van der Waals surface area contributed by atoms with Gasteiger partial charge in [0.1, 0.15) is 5.75 Å². The SMILES string of the molecule is CC(C)C(=O)Nc1cccc(C2CCN([C@H](CCCCc3ccc(Cl)cc3)Oc3ccc(Cl)cc3)CC2)c1. The molecule has 38 heavy (non-hydrogen) atoms. The molecule has 4 nitrogen and oxygen atoms in total. The van der Waals surface area contributed by atoms with E-state index in [1.807, 2.05) is 62.4 Å². The molecule has 1 aliphatic heterocycles. The Bertz CT molecular complexity index is 1160. The van der Waals surface area contributed by atoms with Gasteiger partial charge in [-0.05, 0) is 104 Å². The predicted molar refractivity (Wildman–Crippen MR) is 158 cm³/mol. The molecule has 1 saturated heterocycles. The van der Waals surface area contributed by atoms with Crippen molar-refractivity contribution < 1.29 is 9.53 Å². The number of nitrogens with zero attached hydrogens (tertiary/aromatic N) is 1. The second kappa shape index (κ2) is 14.0. The number of carbonyl (C=O) groups excluding carboxylic acids is 1. The highest BCUT2D eigenvalue weighted by Gasteiger charge is 2.27. The number of carbonyl (C=O) groups is 1. The highest BCUT2D eigenvalue weighted by atomic mass is 35.5. The van der Waals surface area contributed by atoms with Crippen molar-refractivity contribution >= 4 is 34.8 Å². The van der Waals surface area contributed by atoms with Crippen LogP contribution in [0.1, 0.15) is 63.0 Å². The Balaban J connectivity index is 1.35. The maximum absolute atomic E-state index is 12.1. The lowest BCUT2D eigenvalue weighted by molar-refractivity contribution is -0.118. The van der Waals surface area contributed by atoms with E-state index in [0.29, 0.717) is 10.9 Å². The monoisotopic (exact) mass is 552 g/mol. The molecule has 0 aromatic heterocycles. The summed E-state index contributed by atoms with van der Waals surface area (Å²) >= 11 is 12.1. The van der Waals surface area contributed by atoms with E-state index in [1.54, 1.807) is 0 Å². The second-order valence-corrected chi connectivity index (χ2v) is 11.4. The van der Waals surface area contributed by atoms with E-state index >= 15 is 0 Å². The van der Waals surface area contributed by atoms with Gasteiger partial charge in [-0.2, -0.15) is 0 Å². The van der Waals surface area contributed by atoms with Crippen LogP contribution < -0.4 is 10.1 Å². The molecule has 1 fully saturated rings. The average molecular weight is 554 g/mol. The van der Waals surface area contributed by atoms with Gasteiger partial charge >= 0.3 is 0 Å². The van der Waals surface area contributed by atoms with E-state index in [2.05, 4.69) is 34.5 Å². The smallest absolute Gasteiger partial charge is 0.226 e. The van der Waals surface area contributed by atoms with Crippen molar-refractivity contribution in [3.63, 3.8) is 0 Å². The van der Waals surface area contributed by atoms with Crippen LogP contribution in [0, 0.1) is 5.92 Å². The first-order valence-electron chi connectivity index (χ1n) is 13.7. The minimum Gasteiger partial charge on any atom is -0.475 e. The van der Waals surface area contributed by atoms with Gasteiger partial charge in [0.25, 0.3) is 0 Å². The number of hydrogen-bond donors (Lipinski definition) is 1. The Morgan fingerprint density at radius 1 is 0.947 bits per heavy atom. The molecule has 3 aromatic rings. The third-order valence-electron chi connectivity index (χ3n) is 7.25. The molecule has 4 rings (SSSR count). The minimum atomic E-state index is -0.0364. The zero-order chi connectivity index (χ0) is 26.9. The van der Waals surface area contributed by atoms with Crippen LogP contribution in [0.2, 0.25) is 10.0 Å². The van der Waals surface area contributed by atoms with Gasteiger partial charge < -0.3 is 10.1 Å². The van der Waals surface area contributed by atoms with E-state index in [9.17, 15) is 4.79 Å². The topological polar surface area (TPSA) is 41.6 Å². The summed E-state index contributed by atoms with van der Waals surface area (Å²) < 4.78 is 6.51. The maximum atomic E-state index is 12.1. The van der Waals surface area contributed by atoms with Crippen molar-refractivity contribution in [1.82, 2.24) is 4.90 Å². The molecular weight excluding hydrogens is 515 g/mol. The number of piperidine rings is 1. The molecule has 0 unspecified atom stereocenters. The third-order valence-corrected chi connectivity index (χ3v) is 7.76. The number of amides is 1. The molecule has 202 valence electrons. The van der Waals surface area contributed by atoms with Crippen molar-refractivity contribution in [1.29, 1.82) is 0 Å². The molecule has 0 bridgehead atoms. The number of hydrogen-bond acceptors (Lipinski definition) is 3. The molecule has 0 spiro atoms. The van der Waals surface area contributed by atoms with Gasteiger partial charge in [-0.1, -0.05) is 61.3 Å². The molecule has 0 aliphatic carbocycles. The van der Waals surface area contributed by atoms with Crippen LogP contribution in [0.15, 0.2) is 72.8 Å². The summed E-state index contributed by atoms with van der Waals surface area (Å²) in [6.45, 7) is 5.77. The predicted octanol–water partition coefficient (Wildman–Crippen LogP) is 8.59. The average Bonchev–Trinajstić information content (AvgIpc) is 2.92. The standard InChI is InChI=1S/C32H38Cl2N2O2/c1-23(2)32(37)35-29-8-5-7-26(22-29)25-18-20-36(21-19-25)31(38-30-16-14-28(34)15-17-30)9-4-3-6-24-10-12-27(33)13-11-24/h5,7-8,10-17,22-23,25,31H,3-4,6,9,18-21H2,1-2H3,(H,35,37)/t31-/m0/s1. The fourth-order valence-electron chi connectivity index (χ4n) is 4.96. The molecule has 1 heterocycles. The number of aryl methyl sites for hydroxylation is 1. The number of halogens is 2. The van der Waals surface area contributed by atoms with Crippen molar-refractivity contribution in [3.05, 3.63) is 94.0 Å². The molecule has 1 aliphatic rings. The number of unbranched alkanes of at least 4 members (excludes halogenated alkanes) is 1. The summed E-state index contributed by atoms with van der Waals surface area (Å²) in [5.41, 5.74) is 3.50. The third kappa shape index (κ3) is 8.49. The second-order valence-electron chi connectivity index (χ2n) is 10.5. The largest absolute Gasteiger partial charge is 0.475 e. The van der Waals surface area contributed by atoms with Crippen molar-refractivity contribution in [3.8, 4) is 5.75 Å². The molecule has 6 heteroatoms. The summed E-state index contributed by atoms with van der Waals surface area (Å²) in [4.78, 5) is 14.6. The minimum absolute atomic E-state index is 0.0269. The molecule has 1 N–H and O–H groups in total. The Hall–Kier alpha value is -2.53. The van der Waals surface area contributed by atoms with Crippen LogP contribution >= 0.6 is 23.2 Å². The fraction of sp³-hybridized carbons (Fsp3) is 0.406. The van der Waals surface area contributed by atoms with Gasteiger partial charge in [-0.25, -0.2) is 0 Å². The lowest BCUT2D eigenvalue weighted by Gasteiger charge is -2.37. The lowest BCUT2D eigenvalue weighted by Crippen LogP contribution is -2.44. The zero-order valence-electron chi connectivity index (χ0n) is 22.3. The van der Waals surface area contributed by atoms with E-state index in [4.69, 9.17) is 27.9 Å². The Kier molecular flexibility index (Phi) is 10.5. The lowest BCUT2D eigenvalue weighted by atomic mass is 9.89. The van der Waals surface area contributed by atoms with Gasteiger partial charge in [-0.3, -0.25) is 9.69 Å². The molecular formula is C32H38Cl2N2O2. The molecule has 0 saturated carbocycles. The fourth-order valence-corrected chi connectivity index (χ4v) is 5.22. The molecule has 1 atom stereocenters. The number of rotatable bonds is 11. The number of benzene rings is 3. The van der Waals surface area contributed by atoms with Gasteiger partial charge in [0, 0.05) is 34.7 Å². The summed E-state index contributed by atoms with van der Waals surface area (Å²) in [6.07, 6.45) is 6.35. The van der Waals surface area contributed by atoms with Crippen LogP contribution in [0.25, 0.3) is 0 Å². The maximum Gasteiger partial charge on any atom is 0.226 e. The van der Waals surface area contributed by atoms with Gasteiger partial charge in [0.2, 0.25) is 5.91 Å². The summed E-state index contributed by atoms with van der Waals surface area (Å²) in [6, 6.07) is 24.1. The Morgan fingerprint density at radius 3 is 2.26 bits per heavy atom. The molecule has 0 radical (unpaired) electrons. The normalized spacial score (nSPS) is 15.4. The van der Waals surface area contributed by atoms with E-state index in [-0.39, 0.29) is 18.1 Å². The first-order chi connectivity index (χ1) is 18.4. The van der Waals surface area contributed by atoms with Crippen LogP contribution in [0.5, 0.6) is 5.75 Å². The van der Waals surface area contributed by atoms with E-state index < -0.39 is 0 Å². The van der Waals surface area contributed by atoms with Crippen molar-refractivity contribution in [2.75, 3.05) is 18.4 Å². The van der Waals surface area contributed by atoms with Gasteiger partial charge in [0.15, 0.2) is 6.23 Å².